The molecule has 2 aliphatic rings. The van der Waals surface area contributed by atoms with Gasteiger partial charge in [-0.3, -0.25) is 0 Å². The van der Waals surface area contributed by atoms with Crippen LogP contribution in [0.2, 0.25) is 0 Å². The van der Waals surface area contributed by atoms with Crippen LogP contribution in [0, 0.1) is 5.92 Å². The van der Waals surface area contributed by atoms with E-state index in [0.717, 1.165) is 25.7 Å². The number of hydrogen-bond donors (Lipinski definition) is 1. The lowest BCUT2D eigenvalue weighted by atomic mass is 9.85. The predicted molar refractivity (Wildman–Crippen MR) is 55.1 cm³/mol. The molecule has 0 aromatic heterocycles. The van der Waals surface area contributed by atoms with Crippen LogP contribution in [-0.4, -0.2) is 31.6 Å². The highest BCUT2D eigenvalue weighted by atomic mass is 16.7. The Bertz CT molecular complexity index is 180. The van der Waals surface area contributed by atoms with Gasteiger partial charge in [0, 0.05) is 0 Å². The monoisotopic (exact) mass is 199 g/mol. The average molecular weight is 199 g/mol. The summed E-state index contributed by atoms with van der Waals surface area (Å²) in [5, 5.41) is 3.51. The molecule has 0 aromatic carbocycles. The van der Waals surface area contributed by atoms with Gasteiger partial charge in [0.2, 0.25) is 0 Å². The molecule has 2 fully saturated rings. The maximum absolute atomic E-state index is 5.58. The lowest BCUT2D eigenvalue weighted by Crippen LogP contribution is -2.49. The zero-order valence-corrected chi connectivity index (χ0v) is 9.21. The van der Waals surface area contributed by atoms with E-state index in [4.69, 9.17) is 9.47 Å². The molecule has 3 nitrogen and oxygen atoms in total. The first-order valence-electron chi connectivity index (χ1n) is 5.67. The molecule has 1 aliphatic carbocycles. The molecule has 1 saturated heterocycles. The molecule has 0 amide bonds. The highest BCUT2D eigenvalue weighted by Crippen LogP contribution is 2.25. The van der Waals surface area contributed by atoms with Crippen LogP contribution in [0.25, 0.3) is 0 Å². The fourth-order valence-corrected chi connectivity index (χ4v) is 1.84. The molecule has 0 bridgehead atoms. The average Bonchev–Trinajstić information content (AvgIpc) is 2.05. The molecular formula is C11H21NO2. The molecule has 2 rings (SSSR count). The maximum Gasteiger partial charge on any atom is 0.162 e. The predicted octanol–water partition coefficient (Wildman–Crippen LogP) is 1.53. The lowest BCUT2D eigenvalue weighted by molar-refractivity contribution is -0.253. The summed E-state index contributed by atoms with van der Waals surface area (Å²) in [6.07, 6.45) is 4.21. The second kappa shape index (κ2) is 4.17. The van der Waals surface area contributed by atoms with E-state index in [1.54, 1.807) is 0 Å². The largest absolute Gasteiger partial charge is 0.349 e. The van der Waals surface area contributed by atoms with Gasteiger partial charge in [-0.15, -0.1) is 0 Å². The number of nitrogens with one attached hydrogen (secondary N) is 1. The van der Waals surface area contributed by atoms with E-state index < -0.39 is 0 Å². The molecule has 0 unspecified atom stereocenters. The molecule has 3 heteroatoms. The normalized spacial score (nSPS) is 28.7. The molecule has 1 saturated carbocycles. The van der Waals surface area contributed by atoms with E-state index in [1.165, 1.54) is 19.3 Å². The van der Waals surface area contributed by atoms with Crippen LogP contribution in [0.1, 0.15) is 33.1 Å². The Morgan fingerprint density at radius 3 is 2.36 bits per heavy atom. The van der Waals surface area contributed by atoms with Crippen LogP contribution < -0.4 is 5.32 Å². The summed E-state index contributed by atoms with van der Waals surface area (Å²) in [4.78, 5) is 0. The van der Waals surface area contributed by atoms with Gasteiger partial charge >= 0.3 is 0 Å². The first-order chi connectivity index (χ1) is 6.66. The summed E-state index contributed by atoms with van der Waals surface area (Å²) in [5.74, 6) is 0.527. The minimum atomic E-state index is -0.380. The number of hydrogen-bond acceptors (Lipinski definition) is 3. The number of rotatable bonds is 3. The van der Waals surface area contributed by atoms with Crippen molar-refractivity contribution < 1.29 is 9.47 Å². The van der Waals surface area contributed by atoms with Crippen molar-refractivity contribution in [3.05, 3.63) is 0 Å². The Labute approximate surface area is 86.2 Å². The Balaban J connectivity index is 1.63. The molecule has 0 spiro atoms. The van der Waals surface area contributed by atoms with Crippen LogP contribution in [-0.2, 0) is 9.47 Å². The van der Waals surface area contributed by atoms with E-state index in [-0.39, 0.29) is 5.79 Å². The van der Waals surface area contributed by atoms with Crippen molar-refractivity contribution in [3.63, 3.8) is 0 Å². The minimum absolute atomic E-state index is 0.380. The van der Waals surface area contributed by atoms with E-state index in [1.807, 2.05) is 13.8 Å². The van der Waals surface area contributed by atoms with Crippen molar-refractivity contribution >= 4 is 0 Å². The highest BCUT2D eigenvalue weighted by Gasteiger charge is 2.28. The third-order valence-electron chi connectivity index (χ3n) is 3.18. The van der Waals surface area contributed by atoms with Gasteiger partial charge in [-0.2, -0.15) is 0 Å². The van der Waals surface area contributed by atoms with E-state index in [2.05, 4.69) is 5.32 Å². The van der Waals surface area contributed by atoms with E-state index >= 15 is 0 Å². The van der Waals surface area contributed by atoms with Gasteiger partial charge in [0.05, 0.1) is 19.3 Å². The number of ether oxygens (including phenoxy) is 2. The summed E-state index contributed by atoms with van der Waals surface area (Å²) in [6.45, 7) is 6.63. The summed E-state index contributed by atoms with van der Waals surface area (Å²) in [5.41, 5.74) is 0. The fourth-order valence-electron chi connectivity index (χ4n) is 1.84. The standard InChI is InChI=1S/C11H21NO2/c1-11(2)13-7-10(8-14-11)12-6-9-4-3-5-9/h9-10,12H,3-8H2,1-2H3. The first kappa shape index (κ1) is 10.4. The van der Waals surface area contributed by atoms with Crippen LogP contribution in [0.4, 0.5) is 0 Å². The minimum Gasteiger partial charge on any atom is -0.349 e. The van der Waals surface area contributed by atoms with Crippen LogP contribution in [0.15, 0.2) is 0 Å². The van der Waals surface area contributed by atoms with Gasteiger partial charge in [-0.05, 0) is 39.2 Å². The van der Waals surface area contributed by atoms with Crippen molar-refractivity contribution in [1.29, 1.82) is 0 Å². The molecule has 0 atom stereocenters. The van der Waals surface area contributed by atoms with Gasteiger partial charge in [-0.25, -0.2) is 0 Å². The van der Waals surface area contributed by atoms with E-state index in [0.29, 0.717) is 6.04 Å². The maximum atomic E-state index is 5.58. The molecule has 14 heavy (non-hydrogen) atoms. The Morgan fingerprint density at radius 1 is 1.21 bits per heavy atom. The van der Waals surface area contributed by atoms with Gasteiger partial charge in [0.25, 0.3) is 0 Å². The quantitative estimate of drug-likeness (QED) is 0.747. The zero-order valence-electron chi connectivity index (χ0n) is 9.21. The van der Waals surface area contributed by atoms with Crippen LogP contribution in [0.5, 0.6) is 0 Å². The molecule has 0 radical (unpaired) electrons. The Kier molecular flexibility index (Phi) is 3.10. The SMILES string of the molecule is CC1(C)OCC(NCC2CCC2)CO1. The third kappa shape index (κ3) is 2.69. The second-order valence-electron chi connectivity index (χ2n) is 4.92. The zero-order chi connectivity index (χ0) is 10.0. The highest BCUT2D eigenvalue weighted by molar-refractivity contribution is 4.77. The van der Waals surface area contributed by atoms with Crippen molar-refractivity contribution in [2.45, 2.75) is 44.9 Å². The smallest absolute Gasteiger partial charge is 0.162 e. The molecule has 1 aliphatic heterocycles. The van der Waals surface area contributed by atoms with Gasteiger partial charge in [0.15, 0.2) is 5.79 Å². The van der Waals surface area contributed by atoms with Crippen molar-refractivity contribution in [1.82, 2.24) is 5.32 Å². The van der Waals surface area contributed by atoms with Crippen molar-refractivity contribution in [3.8, 4) is 0 Å². The Morgan fingerprint density at radius 2 is 1.86 bits per heavy atom. The Hall–Kier alpha value is -0.120. The fraction of sp³-hybridized carbons (Fsp3) is 1.00. The molecule has 1 N–H and O–H groups in total. The third-order valence-corrected chi connectivity index (χ3v) is 3.18. The van der Waals surface area contributed by atoms with E-state index in [9.17, 15) is 0 Å². The van der Waals surface area contributed by atoms with Crippen LogP contribution in [0.3, 0.4) is 0 Å². The lowest BCUT2D eigenvalue weighted by Gasteiger charge is -2.36. The van der Waals surface area contributed by atoms with Gasteiger partial charge in [-0.1, -0.05) is 6.42 Å². The molecular weight excluding hydrogens is 178 g/mol. The molecule has 0 aromatic rings. The van der Waals surface area contributed by atoms with Gasteiger partial charge < -0.3 is 14.8 Å². The summed E-state index contributed by atoms with van der Waals surface area (Å²) in [7, 11) is 0. The molecule has 1 heterocycles. The summed E-state index contributed by atoms with van der Waals surface area (Å²) in [6, 6.07) is 0.392. The topological polar surface area (TPSA) is 30.5 Å². The first-order valence-corrected chi connectivity index (χ1v) is 5.67. The summed E-state index contributed by atoms with van der Waals surface area (Å²) < 4.78 is 11.2. The second-order valence-corrected chi connectivity index (χ2v) is 4.92. The van der Waals surface area contributed by atoms with Gasteiger partial charge in [0.1, 0.15) is 0 Å². The van der Waals surface area contributed by atoms with Crippen molar-refractivity contribution in [2.75, 3.05) is 19.8 Å². The van der Waals surface area contributed by atoms with Crippen LogP contribution >= 0.6 is 0 Å². The molecule has 82 valence electrons. The summed E-state index contributed by atoms with van der Waals surface area (Å²) >= 11 is 0. The van der Waals surface area contributed by atoms with Crippen molar-refractivity contribution in [2.24, 2.45) is 5.92 Å².